The number of hydrogen-bond acceptors (Lipinski definition) is 6. The van der Waals surface area contributed by atoms with Crippen molar-refractivity contribution in [1.82, 2.24) is 18.2 Å². The third-order valence-electron chi connectivity index (χ3n) is 3.85. The van der Waals surface area contributed by atoms with Crippen molar-refractivity contribution in [1.29, 1.82) is 0 Å². The Morgan fingerprint density at radius 2 is 1.96 bits per heavy atom. The van der Waals surface area contributed by atoms with Gasteiger partial charge in [0.2, 0.25) is 10.0 Å². The molecule has 2 heterocycles. The average molecular weight is 380 g/mol. The highest BCUT2D eigenvalue weighted by Gasteiger charge is 2.13. The summed E-state index contributed by atoms with van der Waals surface area (Å²) in [5, 5.41) is 0.702. The van der Waals surface area contributed by atoms with E-state index in [0.717, 1.165) is 15.5 Å². The first-order chi connectivity index (χ1) is 11.7. The predicted molar refractivity (Wildman–Crippen MR) is 96.9 cm³/mol. The van der Waals surface area contributed by atoms with E-state index in [2.05, 4.69) is 9.10 Å². The summed E-state index contributed by atoms with van der Waals surface area (Å²) >= 11 is 1.23. The SMILES string of the molecule is Cc1cc(=O)n(-c2ccc3snc(CNS(C)(=O)=O)c3c2)c(=O)n1C. The largest absolute Gasteiger partial charge is 0.335 e. The van der Waals surface area contributed by atoms with Gasteiger partial charge in [0.15, 0.2) is 0 Å². The lowest BCUT2D eigenvalue weighted by atomic mass is 10.2. The Morgan fingerprint density at radius 3 is 2.64 bits per heavy atom. The maximum Gasteiger partial charge on any atom is 0.335 e. The van der Waals surface area contributed by atoms with Crippen molar-refractivity contribution in [3.63, 3.8) is 0 Å². The third-order valence-corrected chi connectivity index (χ3v) is 5.38. The predicted octanol–water partition coefficient (Wildman–Crippen LogP) is 0.504. The molecule has 0 saturated carbocycles. The van der Waals surface area contributed by atoms with Crippen LogP contribution in [0.2, 0.25) is 0 Å². The molecule has 0 amide bonds. The van der Waals surface area contributed by atoms with Crippen LogP contribution in [0.5, 0.6) is 0 Å². The zero-order chi connectivity index (χ0) is 18.4. The van der Waals surface area contributed by atoms with E-state index in [4.69, 9.17) is 0 Å². The van der Waals surface area contributed by atoms with Gasteiger partial charge in [-0.15, -0.1) is 0 Å². The lowest BCUT2D eigenvalue weighted by Gasteiger charge is -2.09. The molecule has 1 N–H and O–H groups in total. The molecule has 0 saturated heterocycles. The number of rotatable bonds is 4. The molecule has 3 aromatic rings. The van der Waals surface area contributed by atoms with Crippen LogP contribution in [0.3, 0.4) is 0 Å². The van der Waals surface area contributed by atoms with Gasteiger partial charge in [-0.2, -0.15) is 4.37 Å². The highest BCUT2D eigenvalue weighted by Crippen LogP contribution is 2.25. The molecule has 1 aromatic carbocycles. The summed E-state index contributed by atoms with van der Waals surface area (Å²) in [5.41, 5.74) is 0.674. The number of hydrogen-bond donors (Lipinski definition) is 1. The maximum atomic E-state index is 12.4. The molecule has 2 aromatic heterocycles. The van der Waals surface area contributed by atoms with E-state index in [1.54, 1.807) is 32.2 Å². The topological polar surface area (TPSA) is 103 Å². The molecule has 0 unspecified atom stereocenters. The Hall–Kier alpha value is -2.30. The molecule has 0 radical (unpaired) electrons. The Morgan fingerprint density at radius 1 is 1.24 bits per heavy atom. The summed E-state index contributed by atoms with van der Waals surface area (Å²) in [4.78, 5) is 24.7. The van der Waals surface area contributed by atoms with Crippen molar-refractivity contribution in [2.24, 2.45) is 7.05 Å². The second-order valence-corrected chi connectivity index (χ2v) is 8.34. The van der Waals surface area contributed by atoms with Crippen LogP contribution < -0.4 is 16.0 Å². The van der Waals surface area contributed by atoms with Crippen molar-refractivity contribution in [3.8, 4) is 5.69 Å². The molecule has 0 aliphatic heterocycles. The van der Waals surface area contributed by atoms with Crippen LogP contribution in [0.4, 0.5) is 0 Å². The Kier molecular flexibility index (Phi) is 4.35. The Bertz CT molecular complexity index is 1190. The number of aryl methyl sites for hydroxylation is 1. The van der Waals surface area contributed by atoms with Gasteiger partial charge >= 0.3 is 5.69 Å². The molecular formula is C15H16N4O4S2. The second-order valence-electron chi connectivity index (χ2n) is 5.70. The van der Waals surface area contributed by atoms with E-state index in [9.17, 15) is 18.0 Å². The summed E-state index contributed by atoms with van der Waals surface area (Å²) in [5.74, 6) is 0. The second kappa shape index (κ2) is 6.21. The molecule has 25 heavy (non-hydrogen) atoms. The van der Waals surface area contributed by atoms with Gasteiger partial charge < -0.3 is 4.57 Å². The fourth-order valence-corrected chi connectivity index (χ4v) is 3.59. The molecule has 0 bridgehead atoms. The average Bonchev–Trinajstić information content (AvgIpc) is 2.92. The maximum absolute atomic E-state index is 12.4. The molecule has 8 nitrogen and oxygen atoms in total. The zero-order valence-corrected chi connectivity index (χ0v) is 15.4. The van der Waals surface area contributed by atoms with Gasteiger partial charge in [-0.05, 0) is 36.7 Å². The lowest BCUT2D eigenvalue weighted by molar-refractivity contribution is 0.587. The van der Waals surface area contributed by atoms with Gasteiger partial charge in [-0.25, -0.2) is 22.5 Å². The van der Waals surface area contributed by atoms with Crippen LogP contribution in [0.25, 0.3) is 15.8 Å². The minimum atomic E-state index is -3.35. The highest BCUT2D eigenvalue weighted by atomic mass is 32.2. The van der Waals surface area contributed by atoms with Crippen molar-refractivity contribution in [2.75, 3.05) is 6.26 Å². The Balaban J connectivity index is 2.15. The fourth-order valence-electron chi connectivity index (χ4n) is 2.42. The van der Waals surface area contributed by atoms with Crippen LogP contribution in [0.15, 0.2) is 33.9 Å². The van der Waals surface area contributed by atoms with Gasteiger partial charge in [0, 0.05) is 24.2 Å². The van der Waals surface area contributed by atoms with E-state index < -0.39 is 21.3 Å². The minimum Gasteiger partial charge on any atom is -0.301 e. The molecule has 0 atom stereocenters. The standard InChI is InChI=1S/C15H16N4O4S2/c1-9-6-14(20)19(15(21)18(9)2)10-4-5-13-11(7-10)12(17-24-13)8-16-25(3,22)23/h4-7,16H,8H2,1-3H3. The van der Waals surface area contributed by atoms with Crippen LogP contribution in [-0.2, 0) is 23.6 Å². The first kappa shape index (κ1) is 17.5. The Labute approximate surface area is 147 Å². The van der Waals surface area contributed by atoms with Gasteiger partial charge in [0.1, 0.15) is 0 Å². The number of nitrogens with one attached hydrogen (secondary N) is 1. The van der Waals surface area contributed by atoms with Crippen molar-refractivity contribution in [3.05, 3.63) is 56.5 Å². The molecule has 0 spiro atoms. The molecule has 3 rings (SSSR count). The summed E-state index contributed by atoms with van der Waals surface area (Å²) in [6.07, 6.45) is 1.07. The van der Waals surface area contributed by atoms with Gasteiger partial charge in [0.25, 0.3) is 5.56 Å². The molecule has 0 aliphatic carbocycles. The van der Waals surface area contributed by atoms with Crippen molar-refractivity contribution in [2.45, 2.75) is 13.5 Å². The van der Waals surface area contributed by atoms with Crippen LogP contribution in [0.1, 0.15) is 11.4 Å². The molecule has 10 heteroatoms. The van der Waals surface area contributed by atoms with Gasteiger partial charge in [0.05, 0.1) is 28.9 Å². The number of aromatic nitrogens is 3. The number of benzene rings is 1. The minimum absolute atomic E-state index is 0.0447. The number of sulfonamides is 1. The summed E-state index contributed by atoms with van der Waals surface area (Å²) < 4.78 is 32.5. The molecule has 0 aliphatic rings. The van der Waals surface area contributed by atoms with Gasteiger partial charge in [-0.1, -0.05) is 0 Å². The third kappa shape index (κ3) is 3.41. The monoisotopic (exact) mass is 380 g/mol. The van der Waals surface area contributed by atoms with Crippen molar-refractivity contribution >= 4 is 31.6 Å². The first-order valence-corrected chi connectivity index (χ1v) is 9.97. The normalized spacial score (nSPS) is 12.0. The van der Waals surface area contributed by atoms with E-state index in [1.165, 1.54) is 22.2 Å². The van der Waals surface area contributed by atoms with E-state index in [0.29, 0.717) is 22.5 Å². The molecular weight excluding hydrogens is 364 g/mol. The first-order valence-electron chi connectivity index (χ1n) is 7.30. The molecule has 132 valence electrons. The van der Waals surface area contributed by atoms with E-state index in [1.807, 2.05) is 0 Å². The zero-order valence-electron chi connectivity index (χ0n) is 13.8. The highest BCUT2D eigenvalue weighted by molar-refractivity contribution is 7.88. The quantitative estimate of drug-likeness (QED) is 0.710. The van der Waals surface area contributed by atoms with Crippen molar-refractivity contribution < 1.29 is 8.42 Å². The summed E-state index contributed by atoms with van der Waals surface area (Å²) in [7, 11) is -1.75. The fraction of sp³-hybridized carbons (Fsp3) is 0.267. The van der Waals surface area contributed by atoms with Crippen LogP contribution in [0, 0.1) is 6.92 Å². The van der Waals surface area contributed by atoms with E-state index in [-0.39, 0.29) is 6.54 Å². The number of nitrogens with zero attached hydrogens (tertiary/aromatic N) is 3. The van der Waals surface area contributed by atoms with Crippen LogP contribution >= 0.6 is 11.5 Å². The summed E-state index contributed by atoms with van der Waals surface area (Å²) in [6.45, 7) is 1.73. The smallest absolute Gasteiger partial charge is 0.301 e. The molecule has 0 fully saturated rings. The van der Waals surface area contributed by atoms with E-state index >= 15 is 0 Å². The number of fused-ring (bicyclic) bond motifs is 1. The lowest BCUT2D eigenvalue weighted by Crippen LogP contribution is -2.38. The van der Waals surface area contributed by atoms with Gasteiger partial charge in [-0.3, -0.25) is 4.79 Å². The summed E-state index contributed by atoms with van der Waals surface area (Å²) in [6, 6.07) is 6.50. The van der Waals surface area contributed by atoms with Crippen LogP contribution in [-0.4, -0.2) is 28.2 Å².